The topological polar surface area (TPSA) is 68.9 Å². The van der Waals surface area contributed by atoms with Crippen LogP contribution in [0.4, 0.5) is 0 Å². The molecule has 6 nitrogen and oxygen atoms in total. The van der Waals surface area contributed by atoms with Crippen LogP contribution in [0, 0.1) is 6.92 Å². The summed E-state index contributed by atoms with van der Waals surface area (Å²) in [4.78, 5) is 12.2. The lowest BCUT2D eigenvalue weighted by Gasteiger charge is -2.30. The molecule has 7 heteroatoms. The molecule has 3 aromatic heterocycles. The number of aromatic nitrogens is 4. The largest absolute Gasteiger partial charge is 0.370 e. The summed E-state index contributed by atoms with van der Waals surface area (Å²) in [6.07, 6.45) is 7.67. The molecule has 1 saturated carbocycles. The summed E-state index contributed by atoms with van der Waals surface area (Å²) in [6, 6.07) is 0.733. The third-order valence-corrected chi connectivity index (χ3v) is 7.10. The van der Waals surface area contributed by atoms with Crippen LogP contribution in [0.3, 0.4) is 0 Å². The third kappa shape index (κ3) is 3.15. The molecule has 5 rings (SSSR count). The van der Waals surface area contributed by atoms with E-state index in [1.54, 1.807) is 11.3 Å². The smallest absolute Gasteiger partial charge is 0.206 e. The molecule has 0 radical (unpaired) electrons. The Balaban J connectivity index is 1.54. The Morgan fingerprint density at radius 2 is 2.04 bits per heavy atom. The fourth-order valence-electron chi connectivity index (χ4n) is 4.51. The van der Waals surface area contributed by atoms with Gasteiger partial charge in [-0.15, -0.1) is 16.4 Å². The predicted molar refractivity (Wildman–Crippen MR) is 106 cm³/mol. The second-order valence-electron chi connectivity index (χ2n) is 8.67. The second kappa shape index (κ2) is 6.50. The highest BCUT2D eigenvalue weighted by Gasteiger charge is 2.31. The van der Waals surface area contributed by atoms with Crippen LogP contribution in [-0.2, 0) is 24.3 Å². The zero-order valence-electron chi connectivity index (χ0n) is 16.4. The summed E-state index contributed by atoms with van der Waals surface area (Å²) in [5, 5.41) is 8.42. The molecular weight excluding hydrogens is 358 g/mol. The molecule has 3 aromatic rings. The Labute approximate surface area is 163 Å². The Bertz CT molecular complexity index is 999. The van der Waals surface area contributed by atoms with Gasteiger partial charge in [0, 0.05) is 11.3 Å². The molecule has 0 bridgehead atoms. The Morgan fingerprint density at radius 1 is 1.22 bits per heavy atom. The van der Waals surface area contributed by atoms with Crippen LogP contribution in [-0.4, -0.2) is 31.2 Å². The van der Waals surface area contributed by atoms with Crippen molar-refractivity contribution in [3.05, 3.63) is 22.1 Å². The van der Waals surface area contributed by atoms with Crippen molar-refractivity contribution in [3.8, 4) is 0 Å². The first-order valence-electron chi connectivity index (χ1n) is 10.1. The fraction of sp³-hybridized carbons (Fsp3) is 0.650. The molecule has 0 atom stereocenters. The van der Waals surface area contributed by atoms with Gasteiger partial charge in [0.2, 0.25) is 5.82 Å². The lowest BCUT2D eigenvalue weighted by molar-refractivity contribution is -0.707. The molecule has 144 valence electrons. The van der Waals surface area contributed by atoms with E-state index in [0.29, 0.717) is 6.61 Å². The van der Waals surface area contributed by atoms with Crippen LogP contribution in [0.25, 0.3) is 15.9 Å². The maximum absolute atomic E-state index is 6.01. The van der Waals surface area contributed by atoms with Crippen LogP contribution in [0.15, 0.2) is 0 Å². The molecule has 0 amide bonds. The first kappa shape index (κ1) is 17.5. The van der Waals surface area contributed by atoms with Crippen molar-refractivity contribution in [1.29, 1.82) is 0 Å². The Kier molecular flexibility index (Phi) is 4.22. The van der Waals surface area contributed by atoms with Crippen molar-refractivity contribution in [2.75, 3.05) is 0 Å². The minimum atomic E-state index is -0.138. The Morgan fingerprint density at radius 3 is 2.85 bits per heavy atom. The lowest BCUT2D eigenvalue weighted by atomic mass is 9.94. The summed E-state index contributed by atoms with van der Waals surface area (Å²) < 4.78 is 7.96. The molecule has 2 aliphatic rings. The maximum atomic E-state index is 6.01. The molecule has 0 spiro atoms. The van der Waals surface area contributed by atoms with Gasteiger partial charge in [-0.2, -0.15) is 4.52 Å². The van der Waals surface area contributed by atoms with E-state index < -0.39 is 0 Å². The number of nitrogens with two attached hydrogens (primary N) is 1. The van der Waals surface area contributed by atoms with Gasteiger partial charge in [0.05, 0.1) is 23.6 Å². The predicted octanol–water partition coefficient (Wildman–Crippen LogP) is 2.89. The summed E-state index contributed by atoms with van der Waals surface area (Å²) >= 11 is 1.75. The highest BCUT2D eigenvalue weighted by atomic mass is 32.1. The molecule has 1 aliphatic heterocycles. The van der Waals surface area contributed by atoms with Crippen molar-refractivity contribution in [1.82, 2.24) is 19.6 Å². The molecule has 0 saturated heterocycles. The highest BCUT2D eigenvalue weighted by Crippen LogP contribution is 2.39. The van der Waals surface area contributed by atoms with Gasteiger partial charge in [0.1, 0.15) is 17.2 Å². The van der Waals surface area contributed by atoms with Crippen molar-refractivity contribution < 1.29 is 10.1 Å². The van der Waals surface area contributed by atoms with Gasteiger partial charge in [-0.05, 0) is 52.0 Å². The minimum absolute atomic E-state index is 0.138. The van der Waals surface area contributed by atoms with Gasteiger partial charge in [-0.25, -0.2) is 9.97 Å². The van der Waals surface area contributed by atoms with Gasteiger partial charge in [-0.1, -0.05) is 6.42 Å². The quantitative estimate of drug-likeness (QED) is 0.751. The zero-order chi connectivity index (χ0) is 18.6. The van der Waals surface area contributed by atoms with E-state index in [4.69, 9.17) is 19.8 Å². The van der Waals surface area contributed by atoms with Gasteiger partial charge in [0.15, 0.2) is 5.65 Å². The highest BCUT2D eigenvalue weighted by molar-refractivity contribution is 7.19. The van der Waals surface area contributed by atoms with E-state index in [9.17, 15) is 0 Å². The number of ether oxygens (including phenoxy) is 1. The van der Waals surface area contributed by atoms with Crippen LogP contribution < -0.4 is 5.32 Å². The zero-order valence-corrected chi connectivity index (χ0v) is 17.2. The van der Waals surface area contributed by atoms with Crippen LogP contribution in [0.1, 0.15) is 68.0 Å². The van der Waals surface area contributed by atoms with E-state index in [2.05, 4.69) is 19.2 Å². The monoisotopic (exact) mass is 386 g/mol. The number of rotatable bonds is 3. The number of nitrogens with zero attached hydrogens (tertiary/aromatic N) is 4. The summed E-state index contributed by atoms with van der Waals surface area (Å²) in [6.45, 7) is 7.87. The maximum Gasteiger partial charge on any atom is 0.206 e. The van der Waals surface area contributed by atoms with Crippen molar-refractivity contribution in [2.24, 2.45) is 0 Å². The molecule has 27 heavy (non-hydrogen) atoms. The minimum Gasteiger partial charge on any atom is -0.370 e. The summed E-state index contributed by atoms with van der Waals surface area (Å²) in [5.41, 5.74) is 2.19. The van der Waals surface area contributed by atoms with Crippen LogP contribution >= 0.6 is 11.3 Å². The first-order valence-corrected chi connectivity index (χ1v) is 11.0. The second-order valence-corrected chi connectivity index (χ2v) is 9.75. The normalized spacial score (nSPS) is 20.4. The van der Waals surface area contributed by atoms with E-state index in [-0.39, 0.29) is 5.60 Å². The van der Waals surface area contributed by atoms with E-state index >= 15 is 0 Å². The van der Waals surface area contributed by atoms with Crippen LogP contribution in [0.5, 0.6) is 0 Å². The molecule has 0 unspecified atom stereocenters. The SMILES string of the molecule is Cc1nc2sc3c(c2c2nc(C[NH2+]C4CCCCC4)nn12)CC(C)(C)OC3. The van der Waals surface area contributed by atoms with E-state index in [0.717, 1.165) is 41.1 Å². The van der Waals surface area contributed by atoms with Gasteiger partial charge >= 0.3 is 0 Å². The van der Waals surface area contributed by atoms with Crippen LogP contribution in [0.2, 0.25) is 0 Å². The van der Waals surface area contributed by atoms with Crippen molar-refractivity contribution >= 4 is 27.2 Å². The molecule has 2 N–H and O–H groups in total. The van der Waals surface area contributed by atoms with Crippen molar-refractivity contribution in [2.45, 2.75) is 84.1 Å². The fourth-order valence-corrected chi connectivity index (χ4v) is 5.66. The van der Waals surface area contributed by atoms with Gasteiger partial charge in [-0.3, -0.25) is 0 Å². The van der Waals surface area contributed by atoms with Gasteiger partial charge < -0.3 is 10.1 Å². The number of fused-ring (bicyclic) bond motifs is 5. The van der Waals surface area contributed by atoms with E-state index in [1.807, 2.05) is 11.4 Å². The van der Waals surface area contributed by atoms with E-state index in [1.165, 1.54) is 47.9 Å². The number of hydrogen-bond donors (Lipinski definition) is 1. The molecule has 1 fully saturated rings. The summed E-state index contributed by atoms with van der Waals surface area (Å²) in [5.74, 6) is 1.83. The lowest BCUT2D eigenvalue weighted by Crippen LogP contribution is -2.88. The summed E-state index contributed by atoms with van der Waals surface area (Å²) in [7, 11) is 0. The average Bonchev–Trinajstić information content (AvgIpc) is 3.21. The number of hydrogen-bond acceptors (Lipinski definition) is 5. The number of thiophene rings is 1. The number of quaternary nitrogens is 1. The standard InChI is InChI=1S/C20H27N5OS/c1-12-22-19-17(14-9-20(2,3)26-11-15(14)27-19)18-23-16(24-25(12)18)10-21-13-7-5-4-6-8-13/h13,21H,4-11H2,1-3H3/p+1. The first-order chi connectivity index (χ1) is 13.0. The van der Waals surface area contributed by atoms with Crippen molar-refractivity contribution in [3.63, 3.8) is 0 Å². The third-order valence-electron chi connectivity index (χ3n) is 6.00. The Hall–Kier alpha value is -1.57. The molecule has 1 aliphatic carbocycles. The average molecular weight is 387 g/mol. The molecule has 4 heterocycles. The number of aryl methyl sites for hydroxylation is 1. The molecular formula is C20H28N5OS+. The van der Waals surface area contributed by atoms with Gasteiger partial charge in [0.25, 0.3) is 0 Å². The molecule has 0 aromatic carbocycles.